The van der Waals surface area contributed by atoms with Crippen molar-refractivity contribution in [1.82, 2.24) is 10.2 Å². The normalized spacial score (nSPS) is 15.5. The molecule has 6 heteroatoms. The Kier molecular flexibility index (Phi) is 6.18. The first-order valence-electron chi connectivity index (χ1n) is 11.7. The third-order valence-corrected chi connectivity index (χ3v) is 7.70. The Balaban J connectivity index is 1.18. The van der Waals surface area contributed by atoms with Gasteiger partial charge in [0.25, 0.3) is 11.8 Å². The molecule has 0 bridgehead atoms. The average Bonchev–Trinajstić information content (AvgIpc) is 3.30. The highest BCUT2D eigenvalue weighted by atomic mass is 32.1. The van der Waals surface area contributed by atoms with E-state index >= 15 is 0 Å². The predicted octanol–water partition coefficient (Wildman–Crippen LogP) is 4.95. The summed E-state index contributed by atoms with van der Waals surface area (Å²) in [5, 5.41) is 3.21. The number of hydrogen-bond acceptors (Lipinski definition) is 4. The zero-order valence-corrected chi connectivity index (χ0v) is 19.6. The van der Waals surface area contributed by atoms with Crippen molar-refractivity contribution < 1.29 is 14.3 Å². The summed E-state index contributed by atoms with van der Waals surface area (Å²) >= 11 is 1.60. The molecule has 2 aliphatic rings. The lowest BCUT2D eigenvalue weighted by molar-refractivity contribution is 0.0698. The number of hydrogen-bond donors (Lipinski definition) is 1. The fraction of sp³-hybridized carbons (Fsp3) is 0.333. The SMILES string of the molecule is CCOc1ccc(C(=O)N2CCC(NC(=O)c3cc4c(s3)-c3ccccc3CC4)CC2)cc1. The molecular weight excluding hydrogens is 432 g/mol. The predicted molar refractivity (Wildman–Crippen MR) is 131 cm³/mol. The second-order valence-corrected chi connectivity index (χ2v) is 9.67. The van der Waals surface area contributed by atoms with E-state index in [1.807, 2.05) is 36.1 Å². The fourth-order valence-electron chi connectivity index (χ4n) is 4.71. The van der Waals surface area contributed by atoms with E-state index < -0.39 is 0 Å². The molecular formula is C27H28N2O3S. The van der Waals surface area contributed by atoms with Gasteiger partial charge in [0.2, 0.25) is 0 Å². The molecule has 1 aliphatic carbocycles. The van der Waals surface area contributed by atoms with E-state index in [0.717, 1.165) is 36.3 Å². The van der Waals surface area contributed by atoms with Crippen molar-refractivity contribution in [3.05, 3.63) is 76.2 Å². The van der Waals surface area contributed by atoms with Gasteiger partial charge in [0, 0.05) is 29.6 Å². The van der Waals surface area contributed by atoms with Crippen LogP contribution in [0.2, 0.25) is 0 Å². The molecule has 2 aromatic carbocycles. The summed E-state index contributed by atoms with van der Waals surface area (Å²) < 4.78 is 5.45. The fourth-order valence-corrected chi connectivity index (χ4v) is 5.88. The van der Waals surface area contributed by atoms with Crippen molar-refractivity contribution in [2.45, 2.75) is 38.6 Å². The summed E-state index contributed by atoms with van der Waals surface area (Å²) in [6.07, 6.45) is 3.55. The number of amides is 2. The molecule has 33 heavy (non-hydrogen) atoms. The smallest absolute Gasteiger partial charge is 0.261 e. The lowest BCUT2D eigenvalue weighted by Gasteiger charge is -2.32. The van der Waals surface area contributed by atoms with Crippen LogP contribution in [0.1, 0.15) is 50.9 Å². The van der Waals surface area contributed by atoms with E-state index in [1.165, 1.54) is 21.6 Å². The van der Waals surface area contributed by atoms with Gasteiger partial charge in [-0.25, -0.2) is 0 Å². The van der Waals surface area contributed by atoms with Crippen molar-refractivity contribution in [3.8, 4) is 16.2 Å². The number of thiophene rings is 1. The lowest BCUT2D eigenvalue weighted by Crippen LogP contribution is -2.46. The Bertz CT molecular complexity index is 1160. The van der Waals surface area contributed by atoms with E-state index in [4.69, 9.17) is 4.74 Å². The van der Waals surface area contributed by atoms with Crippen LogP contribution in [0.5, 0.6) is 5.75 Å². The van der Waals surface area contributed by atoms with Crippen molar-refractivity contribution in [2.75, 3.05) is 19.7 Å². The molecule has 170 valence electrons. The number of rotatable bonds is 5. The van der Waals surface area contributed by atoms with Gasteiger partial charge in [-0.05, 0) is 79.6 Å². The Labute approximate surface area is 198 Å². The number of nitrogens with one attached hydrogen (secondary N) is 1. The number of nitrogens with zero attached hydrogens (tertiary/aromatic N) is 1. The molecule has 1 aromatic heterocycles. The van der Waals surface area contributed by atoms with E-state index in [0.29, 0.717) is 25.3 Å². The van der Waals surface area contributed by atoms with Crippen molar-refractivity contribution in [2.24, 2.45) is 0 Å². The van der Waals surface area contributed by atoms with Crippen LogP contribution in [0.4, 0.5) is 0 Å². The third-order valence-electron chi connectivity index (χ3n) is 6.49. The molecule has 1 saturated heterocycles. The monoisotopic (exact) mass is 460 g/mol. The standard InChI is InChI=1S/C27H28N2O3S/c1-2-32-22-11-9-19(10-12-22)27(31)29-15-13-21(14-16-29)28-26(30)24-17-20-8-7-18-5-3-4-6-23(18)25(20)33-24/h3-6,9-12,17,21H,2,7-8,13-16H2,1H3,(H,28,30). The number of likely N-dealkylation sites (tertiary alicyclic amines) is 1. The molecule has 0 unspecified atom stereocenters. The molecule has 3 aromatic rings. The van der Waals surface area contributed by atoms with Crippen molar-refractivity contribution in [3.63, 3.8) is 0 Å². The Morgan fingerprint density at radius 1 is 1.03 bits per heavy atom. The second-order valence-electron chi connectivity index (χ2n) is 8.62. The minimum absolute atomic E-state index is 0.00294. The maximum absolute atomic E-state index is 13.0. The number of piperidine rings is 1. The van der Waals surface area contributed by atoms with Gasteiger partial charge in [-0.1, -0.05) is 24.3 Å². The number of carbonyl (C=O) groups is 2. The maximum Gasteiger partial charge on any atom is 0.261 e. The molecule has 0 radical (unpaired) electrons. The second kappa shape index (κ2) is 9.40. The van der Waals surface area contributed by atoms with E-state index in [2.05, 4.69) is 35.6 Å². The van der Waals surface area contributed by atoms with Gasteiger partial charge < -0.3 is 15.0 Å². The molecule has 1 N–H and O–H groups in total. The summed E-state index contributed by atoms with van der Waals surface area (Å²) in [6.45, 7) is 3.83. The van der Waals surface area contributed by atoms with Crippen LogP contribution < -0.4 is 10.1 Å². The molecule has 2 amide bonds. The minimum Gasteiger partial charge on any atom is -0.494 e. The van der Waals surface area contributed by atoms with Crippen LogP contribution in [0.3, 0.4) is 0 Å². The van der Waals surface area contributed by atoms with Crippen molar-refractivity contribution >= 4 is 23.2 Å². The Hall–Kier alpha value is -3.12. The Morgan fingerprint density at radius 3 is 2.52 bits per heavy atom. The first kappa shape index (κ1) is 21.7. The highest BCUT2D eigenvalue weighted by Gasteiger charge is 2.26. The van der Waals surface area contributed by atoms with Crippen LogP contribution in [-0.4, -0.2) is 42.5 Å². The van der Waals surface area contributed by atoms with Gasteiger partial charge in [-0.2, -0.15) is 0 Å². The molecule has 0 spiro atoms. The first-order valence-corrected chi connectivity index (χ1v) is 12.5. The number of ether oxygens (including phenoxy) is 1. The van der Waals surface area contributed by atoms with Gasteiger partial charge in [0.05, 0.1) is 11.5 Å². The van der Waals surface area contributed by atoms with Crippen molar-refractivity contribution in [1.29, 1.82) is 0 Å². The van der Waals surface area contributed by atoms with Gasteiger partial charge in [-0.3, -0.25) is 9.59 Å². The summed E-state index contributed by atoms with van der Waals surface area (Å²) in [5.74, 6) is 0.810. The van der Waals surface area contributed by atoms with Crippen LogP contribution in [-0.2, 0) is 12.8 Å². The molecule has 1 fully saturated rings. The van der Waals surface area contributed by atoms with Gasteiger partial charge in [0.1, 0.15) is 5.75 Å². The molecule has 5 nitrogen and oxygen atoms in total. The van der Waals surface area contributed by atoms with Crippen LogP contribution >= 0.6 is 11.3 Å². The highest BCUT2D eigenvalue weighted by Crippen LogP contribution is 2.39. The number of fused-ring (bicyclic) bond motifs is 3. The summed E-state index contributed by atoms with van der Waals surface area (Å²) in [5.41, 5.74) is 4.58. The number of benzene rings is 2. The largest absolute Gasteiger partial charge is 0.494 e. The topological polar surface area (TPSA) is 58.6 Å². The van der Waals surface area contributed by atoms with E-state index in [9.17, 15) is 9.59 Å². The van der Waals surface area contributed by atoms with E-state index in [-0.39, 0.29) is 17.9 Å². The van der Waals surface area contributed by atoms with Gasteiger partial charge in [-0.15, -0.1) is 11.3 Å². The zero-order valence-electron chi connectivity index (χ0n) is 18.8. The summed E-state index contributed by atoms with van der Waals surface area (Å²) in [7, 11) is 0. The van der Waals surface area contributed by atoms with Gasteiger partial charge >= 0.3 is 0 Å². The van der Waals surface area contributed by atoms with E-state index in [1.54, 1.807) is 11.3 Å². The Morgan fingerprint density at radius 2 is 1.76 bits per heavy atom. The lowest BCUT2D eigenvalue weighted by atomic mass is 9.91. The molecule has 0 atom stereocenters. The number of carbonyl (C=O) groups excluding carboxylic acids is 2. The molecule has 0 saturated carbocycles. The average molecular weight is 461 g/mol. The third kappa shape index (κ3) is 4.53. The quantitative estimate of drug-likeness (QED) is 0.586. The minimum atomic E-state index is 0.00294. The molecule has 2 heterocycles. The maximum atomic E-state index is 13.0. The van der Waals surface area contributed by atoms with Crippen LogP contribution in [0, 0.1) is 0 Å². The van der Waals surface area contributed by atoms with Crippen LogP contribution in [0.25, 0.3) is 10.4 Å². The van der Waals surface area contributed by atoms with Crippen LogP contribution in [0.15, 0.2) is 54.6 Å². The zero-order chi connectivity index (χ0) is 22.8. The summed E-state index contributed by atoms with van der Waals surface area (Å²) in [6, 6.07) is 17.9. The summed E-state index contributed by atoms with van der Waals surface area (Å²) in [4.78, 5) is 29.7. The molecule has 1 aliphatic heterocycles. The van der Waals surface area contributed by atoms with Gasteiger partial charge in [0.15, 0.2) is 0 Å². The number of aryl methyl sites for hydroxylation is 2. The highest BCUT2D eigenvalue weighted by molar-refractivity contribution is 7.17. The first-order chi connectivity index (χ1) is 16.1. The molecule has 5 rings (SSSR count).